The van der Waals surface area contributed by atoms with Crippen LogP contribution in [0.5, 0.6) is 6.01 Å². The number of hydrogen-bond acceptors (Lipinski definition) is 8. The highest BCUT2D eigenvalue weighted by atomic mass is 32.1. The number of rotatable bonds is 6. The zero-order valence-corrected chi connectivity index (χ0v) is 25.4. The van der Waals surface area contributed by atoms with E-state index >= 15 is 0 Å². The van der Waals surface area contributed by atoms with Crippen molar-refractivity contribution in [2.75, 3.05) is 50.5 Å². The van der Waals surface area contributed by atoms with Crippen molar-refractivity contribution in [1.29, 1.82) is 0 Å². The average Bonchev–Trinajstić information content (AvgIpc) is 3.76. The molecule has 0 bridgehead atoms. The van der Waals surface area contributed by atoms with Crippen molar-refractivity contribution in [2.24, 2.45) is 0 Å². The van der Waals surface area contributed by atoms with Crippen LogP contribution < -0.4 is 20.7 Å². The minimum atomic E-state index is -4.89. The number of fused-ring (bicyclic) bond motifs is 3. The average molecular weight is 662 g/mol. The molecule has 46 heavy (non-hydrogen) atoms. The number of benzene rings is 2. The Hall–Kier alpha value is -3.87. The molecule has 8 nitrogen and oxygen atoms in total. The lowest BCUT2D eigenvalue weighted by molar-refractivity contribution is -0.137. The summed E-state index contributed by atoms with van der Waals surface area (Å²) in [5, 5.41) is 2.92. The Labute approximate surface area is 264 Å². The van der Waals surface area contributed by atoms with Crippen LogP contribution in [0.2, 0.25) is 0 Å². The third kappa shape index (κ3) is 4.98. The van der Waals surface area contributed by atoms with Gasteiger partial charge in [0, 0.05) is 43.9 Å². The molecule has 7 rings (SSSR count). The van der Waals surface area contributed by atoms with Gasteiger partial charge >= 0.3 is 12.2 Å². The van der Waals surface area contributed by atoms with Gasteiger partial charge in [0.15, 0.2) is 0 Å². The largest absolute Gasteiger partial charge is 0.461 e. The molecule has 0 saturated carbocycles. The SMILES string of the molecule is [C-]#[N+]c1c(N)sc2c(F)ccc(-c3cc4nc(OC[C@@]56CCCN5C[C@H](F)C6)nc(N(C)[C@H]5CNC[C@H]5F)c4cc3C(F)(F)F)c12. The first-order valence-corrected chi connectivity index (χ1v) is 15.6. The van der Waals surface area contributed by atoms with Gasteiger partial charge in [0.05, 0.1) is 38.9 Å². The molecule has 3 fully saturated rings. The maximum Gasteiger partial charge on any atom is 0.417 e. The topological polar surface area (TPSA) is 83.9 Å². The zero-order valence-electron chi connectivity index (χ0n) is 24.6. The Morgan fingerprint density at radius 2 is 2.02 bits per heavy atom. The molecule has 5 heterocycles. The molecule has 0 radical (unpaired) electrons. The Morgan fingerprint density at radius 1 is 1.22 bits per heavy atom. The number of aromatic nitrogens is 2. The summed E-state index contributed by atoms with van der Waals surface area (Å²) in [7, 11) is 1.55. The lowest BCUT2D eigenvalue weighted by Crippen LogP contribution is -2.43. The fraction of sp³-hybridized carbons (Fsp3) is 0.452. The molecule has 242 valence electrons. The molecule has 3 N–H and O–H groups in total. The molecular weight excluding hydrogens is 632 g/mol. The Balaban J connectivity index is 1.43. The van der Waals surface area contributed by atoms with Crippen molar-refractivity contribution in [3.63, 3.8) is 0 Å². The van der Waals surface area contributed by atoms with Crippen LogP contribution in [0.4, 0.5) is 42.8 Å². The maximum atomic E-state index is 14.9. The Morgan fingerprint density at radius 3 is 2.74 bits per heavy atom. The predicted octanol–water partition coefficient (Wildman–Crippen LogP) is 6.50. The summed E-state index contributed by atoms with van der Waals surface area (Å²) in [6, 6.07) is 3.49. The molecule has 3 aliphatic heterocycles. The van der Waals surface area contributed by atoms with Crippen LogP contribution in [0, 0.1) is 12.4 Å². The number of nitrogens with one attached hydrogen (secondary N) is 1. The van der Waals surface area contributed by atoms with E-state index in [0.717, 1.165) is 42.9 Å². The third-order valence-electron chi connectivity index (χ3n) is 9.47. The van der Waals surface area contributed by atoms with E-state index in [1.54, 1.807) is 7.05 Å². The first-order chi connectivity index (χ1) is 21.9. The van der Waals surface area contributed by atoms with E-state index in [0.29, 0.717) is 6.54 Å². The van der Waals surface area contributed by atoms with Crippen molar-refractivity contribution in [3.8, 4) is 17.1 Å². The van der Waals surface area contributed by atoms with E-state index in [1.165, 1.54) is 17.0 Å². The van der Waals surface area contributed by atoms with E-state index in [4.69, 9.17) is 17.0 Å². The molecule has 2 aromatic carbocycles. The first-order valence-electron chi connectivity index (χ1n) is 14.8. The van der Waals surface area contributed by atoms with Crippen molar-refractivity contribution in [1.82, 2.24) is 20.2 Å². The van der Waals surface area contributed by atoms with Crippen LogP contribution in [0.15, 0.2) is 24.3 Å². The molecule has 15 heteroatoms. The van der Waals surface area contributed by atoms with E-state index in [1.807, 2.05) is 0 Å². The molecule has 3 saturated heterocycles. The lowest BCUT2D eigenvalue weighted by atomic mass is 9.94. The van der Waals surface area contributed by atoms with Crippen molar-refractivity contribution >= 4 is 48.8 Å². The van der Waals surface area contributed by atoms with Crippen LogP contribution in [-0.4, -0.2) is 78.6 Å². The standard InChI is InChI=1S/C31H29F6N7OS/c1-39-25-24-16(4-5-20(33)26(24)46-27(25)38)17-9-22-18(8-19(17)31(35,36)37)28(43(2)23-12-40-11-21(23)34)42-29(41-22)45-14-30-6-3-7-44(30)13-15(32)10-30/h4-5,8-9,15,21,23,40H,3,6-7,10-14,38H2,2H3/t15-,21-,23+,30+/m1/s1. The van der Waals surface area contributed by atoms with Gasteiger partial charge in [-0.1, -0.05) is 6.07 Å². The number of ether oxygens (including phenoxy) is 1. The van der Waals surface area contributed by atoms with Crippen LogP contribution in [0.25, 0.3) is 37.0 Å². The van der Waals surface area contributed by atoms with Crippen LogP contribution in [-0.2, 0) is 6.18 Å². The van der Waals surface area contributed by atoms with Crippen molar-refractivity contribution < 1.29 is 31.1 Å². The van der Waals surface area contributed by atoms with Gasteiger partial charge in [-0.3, -0.25) is 4.90 Å². The first kappa shape index (κ1) is 30.8. The van der Waals surface area contributed by atoms with Crippen LogP contribution in [0.3, 0.4) is 0 Å². The number of anilines is 2. The van der Waals surface area contributed by atoms with Crippen molar-refractivity contribution in [3.05, 3.63) is 47.1 Å². The summed E-state index contributed by atoms with van der Waals surface area (Å²) in [6.45, 7) is 9.04. The summed E-state index contributed by atoms with van der Waals surface area (Å²) < 4.78 is 94.7. The summed E-state index contributed by atoms with van der Waals surface area (Å²) in [4.78, 5) is 15.9. The number of nitrogens with zero attached hydrogens (tertiary/aromatic N) is 5. The third-order valence-corrected chi connectivity index (χ3v) is 10.5. The molecule has 0 amide bonds. The highest BCUT2D eigenvalue weighted by Crippen LogP contribution is 2.50. The van der Waals surface area contributed by atoms with Gasteiger partial charge in [0.25, 0.3) is 0 Å². The number of nitrogen functional groups attached to an aromatic ring is 1. The van der Waals surface area contributed by atoms with Gasteiger partial charge < -0.3 is 20.7 Å². The highest BCUT2D eigenvalue weighted by Gasteiger charge is 2.49. The summed E-state index contributed by atoms with van der Waals surface area (Å²) in [5.74, 6) is -0.676. The second-order valence-corrected chi connectivity index (χ2v) is 13.2. The molecule has 4 atom stereocenters. The van der Waals surface area contributed by atoms with Gasteiger partial charge in [-0.2, -0.15) is 23.1 Å². The molecule has 2 aromatic heterocycles. The number of likely N-dealkylation sites (N-methyl/N-ethyl adjacent to an activating group) is 1. The van der Waals surface area contributed by atoms with Gasteiger partial charge in [-0.15, -0.1) is 11.3 Å². The fourth-order valence-corrected chi connectivity index (χ4v) is 8.19. The number of alkyl halides is 5. The number of nitrogens with two attached hydrogens (primary N) is 1. The fourth-order valence-electron chi connectivity index (χ4n) is 7.26. The molecule has 0 unspecified atom stereocenters. The lowest BCUT2D eigenvalue weighted by Gasteiger charge is -2.31. The van der Waals surface area contributed by atoms with Crippen LogP contribution >= 0.6 is 11.3 Å². The number of thiophene rings is 1. The van der Waals surface area contributed by atoms with Gasteiger partial charge in [0.2, 0.25) is 5.69 Å². The second-order valence-electron chi connectivity index (χ2n) is 12.2. The zero-order chi connectivity index (χ0) is 32.5. The maximum absolute atomic E-state index is 14.9. The molecular formula is C31H29F6N7OS. The molecule has 4 aromatic rings. The van der Waals surface area contributed by atoms with Gasteiger partial charge in [0.1, 0.15) is 30.6 Å². The second kappa shape index (κ2) is 11.1. The van der Waals surface area contributed by atoms with E-state index in [9.17, 15) is 26.3 Å². The summed E-state index contributed by atoms with van der Waals surface area (Å²) in [6.07, 6.45) is -5.31. The quantitative estimate of drug-likeness (QED) is 0.180. The van der Waals surface area contributed by atoms with Crippen LogP contribution in [0.1, 0.15) is 24.8 Å². The molecule has 3 aliphatic rings. The van der Waals surface area contributed by atoms with E-state index in [2.05, 4.69) is 25.0 Å². The monoisotopic (exact) mass is 661 g/mol. The molecule has 0 aliphatic carbocycles. The smallest absolute Gasteiger partial charge is 0.417 e. The summed E-state index contributed by atoms with van der Waals surface area (Å²) >= 11 is 0.788. The molecule has 0 spiro atoms. The number of halogens is 6. The van der Waals surface area contributed by atoms with Crippen molar-refractivity contribution in [2.45, 2.75) is 49.4 Å². The van der Waals surface area contributed by atoms with Gasteiger partial charge in [-0.25, -0.2) is 18.0 Å². The number of hydrogen-bond donors (Lipinski definition) is 2. The predicted molar refractivity (Wildman–Crippen MR) is 164 cm³/mol. The normalized spacial score (nSPS) is 25.0. The van der Waals surface area contributed by atoms with E-state index in [-0.39, 0.29) is 80.7 Å². The highest BCUT2D eigenvalue weighted by molar-refractivity contribution is 7.23. The Bertz CT molecular complexity index is 1890. The summed E-state index contributed by atoms with van der Waals surface area (Å²) in [5.41, 5.74) is 3.92. The Kier molecular flexibility index (Phi) is 7.45. The van der Waals surface area contributed by atoms with Gasteiger partial charge in [-0.05, 0) is 48.7 Å². The van der Waals surface area contributed by atoms with E-state index < -0.39 is 41.5 Å². The minimum Gasteiger partial charge on any atom is -0.461 e. The minimum absolute atomic E-state index is 0.00367.